The summed E-state index contributed by atoms with van der Waals surface area (Å²) in [6.07, 6.45) is 5.56. The number of piperazine rings is 1. The van der Waals surface area contributed by atoms with Crippen LogP contribution in [0.5, 0.6) is 0 Å². The molecule has 1 fully saturated rings. The van der Waals surface area contributed by atoms with E-state index in [1.54, 1.807) is 11.1 Å². The molecule has 1 aliphatic rings. The highest BCUT2D eigenvalue weighted by Gasteiger charge is 2.27. The lowest BCUT2D eigenvalue weighted by Crippen LogP contribution is -2.55. The van der Waals surface area contributed by atoms with E-state index in [1.807, 2.05) is 6.20 Å². The van der Waals surface area contributed by atoms with E-state index in [2.05, 4.69) is 15.5 Å². The average Bonchev–Trinajstić information content (AvgIpc) is 2.92. The molecule has 1 aliphatic heterocycles. The predicted octanol–water partition coefficient (Wildman–Crippen LogP) is -0.383. The molecule has 1 aromatic heterocycles. The third kappa shape index (κ3) is 3.78. The summed E-state index contributed by atoms with van der Waals surface area (Å²) in [5.41, 5.74) is 1.08. The number of carbonyl (C=O) groups is 2. The number of nitrogens with zero attached hydrogens (tertiary/aromatic N) is 2. The molecular weight excluding hydrogens is 248 g/mol. The van der Waals surface area contributed by atoms with Crippen LogP contribution in [0.2, 0.25) is 0 Å². The van der Waals surface area contributed by atoms with Gasteiger partial charge in [-0.1, -0.05) is 0 Å². The maximum atomic E-state index is 12.0. The van der Waals surface area contributed by atoms with Gasteiger partial charge in [0.25, 0.3) is 0 Å². The van der Waals surface area contributed by atoms with Crippen LogP contribution < -0.4 is 5.32 Å². The van der Waals surface area contributed by atoms with Crippen molar-refractivity contribution >= 4 is 11.9 Å². The second kappa shape index (κ2) is 6.33. The van der Waals surface area contributed by atoms with Crippen LogP contribution in [0, 0.1) is 0 Å². The molecule has 0 unspecified atom stereocenters. The molecule has 0 spiro atoms. The number of aryl methyl sites for hydroxylation is 1. The van der Waals surface area contributed by atoms with Crippen LogP contribution in [0.1, 0.15) is 18.4 Å². The SMILES string of the molecule is O=C(O)[C@H]1CN(C(=O)CCCc2cn[nH]c2)CCN1. The highest BCUT2D eigenvalue weighted by Crippen LogP contribution is 2.07. The van der Waals surface area contributed by atoms with E-state index in [0.29, 0.717) is 19.5 Å². The zero-order valence-electron chi connectivity index (χ0n) is 10.6. The number of nitrogens with one attached hydrogen (secondary N) is 2. The van der Waals surface area contributed by atoms with Gasteiger partial charge in [0.2, 0.25) is 5.91 Å². The normalized spacial score (nSPS) is 19.4. The Kier molecular flexibility index (Phi) is 4.51. The van der Waals surface area contributed by atoms with E-state index in [9.17, 15) is 9.59 Å². The summed E-state index contributed by atoms with van der Waals surface area (Å²) in [5.74, 6) is -0.882. The first-order valence-electron chi connectivity index (χ1n) is 6.38. The molecule has 2 rings (SSSR count). The van der Waals surface area contributed by atoms with Crippen LogP contribution in [0.25, 0.3) is 0 Å². The van der Waals surface area contributed by atoms with Gasteiger partial charge in [-0.25, -0.2) is 0 Å². The summed E-state index contributed by atoms with van der Waals surface area (Å²) in [4.78, 5) is 24.5. The molecule has 7 heteroatoms. The molecule has 1 saturated heterocycles. The van der Waals surface area contributed by atoms with Crippen molar-refractivity contribution in [3.8, 4) is 0 Å². The van der Waals surface area contributed by atoms with Crippen LogP contribution in [0.15, 0.2) is 12.4 Å². The first-order chi connectivity index (χ1) is 9.16. The molecule has 0 saturated carbocycles. The fraction of sp³-hybridized carbons (Fsp3) is 0.583. The minimum absolute atomic E-state index is 0.0243. The number of rotatable bonds is 5. The average molecular weight is 266 g/mol. The number of amides is 1. The van der Waals surface area contributed by atoms with Gasteiger partial charge < -0.3 is 15.3 Å². The summed E-state index contributed by atoms with van der Waals surface area (Å²) < 4.78 is 0. The number of hydrogen-bond donors (Lipinski definition) is 3. The molecule has 19 heavy (non-hydrogen) atoms. The van der Waals surface area contributed by atoms with Crippen molar-refractivity contribution in [2.24, 2.45) is 0 Å². The van der Waals surface area contributed by atoms with Crippen molar-refractivity contribution in [3.63, 3.8) is 0 Å². The minimum Gasteiger partial charge on any atom is -0.480 e. The molecule has 0 bridgehead atoms. The van der Waals surface area contributed by atoms with Crippen molar-refractivity contribution in [3.05, 3.63) is 18.0 Å². The minimum atomic E-state index is -0.907. The van der Waals surface area contributed by atoms with Gasteiger partial charge in [0.15, 0.2) is 0 Å². The van der Waals surface area contributed by atoms with Crippen molar-refractivity contribution in [2.75, 3.05) is 19.6 Å². The Morgan fingerprint density at radius 1 is 1.53 bits per heavy atom. The quantitative estimate of drug-likeness (QED) is 0.674. The Bertz CT molecular complexity index is 432. The smallest absolute Gasteiger partial charge is 0.322 e. The first kappa shape index (κ1) is 13.5. The Hall–Kier alpha value is -1.89. The van der Waals surface area contributed by atoms with E-state index in [4.69, 9.17) is 5.11 Å². The van der Waals surface area contributed by atoms with Crippen LogP contribution in [-0.2, 0) is 16.0 Å². The number of carbonyl (C=O) groups excluding carboxylic acids is 1. The monoisotopic (exact) mass is 266 g/mol. The van der Waals surface area contributed by atoms with Crippen LogP contribution >= 0.6 is 0 Å². The Morgan fingerprint density at radius 2 is 2.37 bits per heavy atom. The first-order valence-corrected chi connectivity index (χ1v) is 6.38. The third-order valence-electron chi connectivity index (χ3n) is 3.24. The third-order valence-corrected chi connectivity index (χ3v) is 3.24. The summed E-state index contributed by atoms with van der Waals surface area (Å²) in [6, 6.07) is -0.647. The number of aromatic amines is 1. The lowest BCUT2D eigenvalue weighted by atomic mass is 10.1. The highest BCUT2D eigenvalue weighted by molar-refractivity contribution is 5.79. The predicted molar refractivity (Wildman–Crippen MR) is 67.5 cm³/mol. The van der Waals surface area contributed by atoms with Crippen LogP contribution in [-0.4, -0.2) is 57.8 Å². The van der Waals surface area contributed by atoms with Crippen LogP contribution in [0.4, 0.5) is 0 Å². The molecule has 1 aromatic rings. The van der Waals surface area contributed by atoms with Gasteiger partial charge in [-0.05, 0) is 18.4 Å². The van der Waals surface area contributed by atoms with Gasteiger partial charge in [-0.2, -0.15) is 5.10 Å². The van der Waals surface area contributed by atoms with Gasteiger partial charge >= 0.3 is 5.97 Å². The number of H-pyrrole nitrogens is 1. The van der Waals surface area contributed by atoms with Crippen molar-refractivity contribution < 1.29 is 14.7 Å². The van der Waals surface area contributed by atoms with E-state index in [-0.39, 0.29) is 12.5 Å². The maximum Gasteiger partial charge on any atom is 0.322 e. The Balaban J connectivity index is 1.74. The summed E-state index contributed by atoms with van der Waals surface area (Å²) in [6.45, 7) is 1.36. The van der Waals surface area contributed by atoms with Crippen LogP contribution in [0.3, 0.4) is 0 Å². The lowest BCUT2D eigenvalue weighted by Gasteiger charge is -2.31. The van der Waals surface area contributed by atoms with E-state index < -0.39 is 12.0 Å². The second-order valence-electron chi connectivity index (χ2n) is 4.64. The van der Waals surface area contributed by atoms with Gasteiger partial charge in [-0.3, -0.25) is 14.7 Å². The number of hydrogen-bond acceptors (Lipinski definition) is 4. The topological polar surface area (TPSA) is 98.3 Å². The molecule has 0 radical (unpaired) electrons. The highest BCUT2D eigenvalue weighted by atomic mass is 16.4. The summed E-state index contributed by atoms with van der Waals surface area (Å²) in [7, 11) is 0. The largest absolute Gasteiger partial charge is 0.480 e. The van der Waals surface area contributed by atoms with Gasteiger partial charge in [0.1, 0.15) is 6.04 Å². The number of carboxylic acid groups (broad SMARTS) is 1. The molecule has 0 aliphatic carbocycles. The van der Waals surface area contributed by atoms with E-state index in [0.717, 1.165) is 18.4 Å². The Morgan fingerprint density at radius 3 is 3.05 bits per heavy atom. The molecule has 2 heterocycles. The summed E-state index contributed by atoms with van der Waals surface area (Å²) in [5, 5.41) is 18.4. The molecule has 1 amide bonds. The fourth-order valence-electron chi connectivity index (χ4n) is 2.16. The van der Waals surface area contributed by atoms with Crippen molar-refractivity contribution in [2.45, 2.75) is 25.3 Å². The lowest BCUT2D eigenvalue weighted by molar-refractivity contribution is -0.142. The number of carboxylic acids is 1. The zero-order chi connectivity index (χ0) is 13.7. The van der Waals surface area contributed by atoms with Gasteiger partial charge in [0.05, 0.1) is 6.20 Å². The Labute approximate surface area is 111 Å². The van der Waals surface area contributed by atoms with Crippen molar-refractivity contribution in [1.82, 2.24) is 20.4 Å². The molecule has 3 N–H and O–H groups in total. The summed E-state index contributed by atoms with van der Waals surface area (Å²) >= 11 is 0. The molecule has 1 atom stereocenters. The number of aromatic nitrogens is 2. The van der Waals surface area contributed by atoms with Crippen molar-refractivity contribution in [1.29, 1.82) is 0 Å². The standard InChI is InChI=1S/C12H18N4O3/c17-11(3-1-2-9-6-14-15-7-9)16-5-4-13-10(8-16)12(18)19/h6-7,10,13H,1-5,8H2,(H,14,15)(H,18,19)/t10-/m1/s1. The van der Waals surface area contributed by atoms with Gasteiger partial charge in [0, 0.05) is 32.3 Å². The number of aliphatic carboxylic acids is 1. The fourth-order valence-corrected chi connectivity index (χ4v) is 2.16. The van der Waals surface area contributed by atoms with Gasteiger partial charge in [-0.15, -0.1) is 0 Å². The van der Waals surface area contributed by atoms with E-state index >= 15 is 0 Å². The molecule has 0 aromatic carbocycles. The zero-order valence-corrected chi connectivity index (χ0v) is 10.6. The van der Waals surface area contributed by atoms with E-state index in [1.165, 1.54) is 0 Å². The molecule has 104 valence electrons. The molecular formula is C12H18N4O3. The maximum absolute atomic E-state index is 12.0. The molecule has 7 nitrogen and oxygen atoms in total. The second-order valence-corrected chi connectivity index (χ2v) is 4.64.